The van der Waals surface area contributed by atoms with Gasteiger partial charge < -0.3 is 0 Å². The third-order valence-corrected chi connectivity index (χ3v) is 4.90. The predicted molar refractivity (Wildman–Crippen MR) is 53.7 cm³/mol. The minimum absolute atomic E-state index is 0.568. The Balaban J connectivity index is 2.82. The summed E-state index contributed by atoms with van der Waals surface area (Å²) in [4.78, 5) is 0. The maximum atomic E-state index is 12.2. The van der Waals surface area contributed by atoms with E-state index in [0.717, 1.165) is 19.5 Å². The Kier molecular flexibility index (Phi) is 3.82. The molecule has 0 unspecified atom stereocenters. The van der Waals surface area contributed by atoms with Crippen LogP contribution in [-0.4, -0.2) is 7.37 Å². The molecule has 0 aromatic heterocycles. The van der Waals surface area contributed by atoms with E-state index in [9.17, 15) is 13.2 Å². The molecule has 0 saturated heterocycles. The molecule has 1 rings (SSSR count). The summed E-state index contributed by atoms with van der Waals surface area (Å²) in [5, 5.41) is 0. The molecular formula is C9H13F3OSiZr. The summed E-state index contributed by atoms with van der Waals surface area (Å²) in [5.41, 5.74) is -0.629. The predicted octanol–water partition coefficient (Wildman–Crippen LogP) is 2.53. The van der Waals surface area contributed by atoms with Crippen LogP contribution in [0.4, 0.5) is 13.2 Å². The van der Waals surface area contributed by atoms with Gasteiger partial charge in [0.15, 0.2) is 0 Å². The van der Waals surface area contributed by atoms with Crippen LogP contribution in [-0.2, 0) is 26.0 Å². The molecule has 0 amide bonds. The molecule has 0 radical (unpaired) electrons. The van der Waals surface area contributed by atoms with Crippen LogP contribution in [0.2, 0.25) is 9.26 Å². The van der Waals surface area contributed by atoms with Crippen molar-refractivity contribution in [2.45, 2.75) is 15.4 Å². The van der Waals surface area contributed by atoms with Gasteiger partial charge in [-0.15, -0.1) is 0 Å². The molecule has 1 aromatic rings. The molecule has 15 heavy (non-hydrogen) atoms. The van der Waals surface area contributed by atoms with Gasteiger partial charge in [0.1, 0.15) is 0 Å². The molecule has 0 heterocycles. The monoisotopic (exact) mass is 312 g/mol. The average molecular weight is 314 g/mol. The van der Waals surface area contributed by atoms with Gasteiger partial charge in [-0.25, -0.2) is 0 Å². The van der Waals surface area contributed by atoms with Gasteiger partial charge in [-0.2, -0.15) is 0 Å². The molecule has 1 nitrogen and oxygen atoms in total. The first-order valence-electron chi connectivity index (χ1n) is 4.55. The van der Waals surface area contributed by atoms with Gasteiger partial charge >= 0.3 is 94.2 Å². The number of hydrogen-bond acceptors (Lipinski definition) is 1. The fourth-order valence-corrected chi connectivity index (χ4v) is 4.53. The summed E-state index contributed by atoms with van der Waals surface area (Å²) >= 11 is -2.29. The zero-order valence-corrected chi connectivity index (χ0v) is 13.3. The third-order valence-electron chi connectivity index (χ3n) is 1.61. The third kappa shape index (κ3) is 4.51. The van der Waals surface area contributed by atoms with E-state index in [1.54, 1.807) is 0 Å². The van der Waals surface area contributed by atoms with E-state index < -0.39 is 31.6 Å². The van der Waals surface area contributed by atoms with Gasteiger partial charge in [0.05, 0.1) is 0 Å². The fraction of sp³-hybridized carbons (Fsp3) is 0.333. The molecule has 0 N–H and O–H groups in total. The molecule has 84 valence electrons. The quantitative estimate of drug-likeness (QED) is 0.763. The molecular weight excluding hydrogens is 300 g/mol. The van der Waals surface area contributed by atoms with Crippen molar-refractivity contribution >= 4 is 7.37 Å². The average Bonchev–Trinajstić information content (AvgIpc) is 2.00. The Morgan fingerprint density at radius 2 is 1.60 bits per heavy atom. The van der Waals surface area contributed by atoms with Crippen molar-refractivity contribution in [2.75, 3.05) is 0 Å². The van der Waals surface area contributed by atoms with Crippen LogP contribution in [0, 0.1) is 0 Å². The van der Waals surface area contributed by atoms with E-state index in [0.29, 0.717) is 5.75 Å². The van der Waals surface area contributed by atoms with E-state index in [-0.39, 0.29) is 0 Å². The second-order valence-corrected chi connectivity index (χ2v) is 29.4. The number of rotatable bonds is 2. The van der Waals surface area contributed by atoms with Crippen LogP contribution in [0.15, 0.2) is 24.3 Å². The summed E-state index contributed by atoms with van der Waals surface area (Å²) in [6.45, 7) is 0. The second kappa shape index (κ2) is 4.42. The van der Waals surface area contributed by atoms with Crippen molar-refractivity contribution < 1.29 is 35.9 Å². The normalized spacial score (nSPS) is 12.9. The van der Waals surface area contributed by atoms with Crippen LogP contribution < -0.4 is 2.81 Å². The SMILES string of the molecule is [CH3][Zr]([CH3])([SiH3])[O]c1ccc(C(F)(F)F)cc1. The molecule has 0 aliphatic carbocycles. The molecule has 0 spiro atoms. The maximum absolute atomic E-state index is 12.2. The molecule has 0 aliphatic rings. The van der Waals surface area contributed by atoms with Gasteiger partial charge in [-0.1, -0.05) is 0 Å². The summed E-state index contributed by atoms with van der Waals surface area (Å²) in [7, 11) is 1.02. The summed E-state index contributed by atoms with van der Waals surface area (Å²) in [6, 6.07) is 4.93. The Bertz CT molecular complexity index is 329. The molecule has 0 aliphatic heterocycles. The Hall–Kier alpha value is -0.0900. The van der Waals surface area contributed by atoms with Gasteiger partial charge in [-0.3, -0.25) is 0 Å². The van der Waals surface area contributed by atoms with Crippen molar-refractivity contribution in [1.82, 2.24) is 0 Å². The van der Waals surface area contributed by atoms with Gasteiger partial charge in [0, 0.05) is 0 Å². The Morgan fingerprint density at radius 3 is 1.93 bits per heavy atom. The number of benzene rings is 1. The molecule has 0 atom stereocenters. The summed E-state index contributed by atoms with van der Waals surface area (Å²) in [6.07, 6.45) is -4.27. The van der Waals surface area contributed by atoms with Crippen LogP contribution in [0.25, 0.3) is 0 Å². The second-order valence-electron chi connectivity index (χ2n) is 4.24. The summed E-state index contributed by atoms with van der Waals surface area (Å²) < 4.78 is 46.6. The van der Waals surface area contributed by atoms with Crippen molar-refractivity contribution in [3.63, 3.8) is 0 Å². The number of halogens is 3. The fourth-order valence-electron chi connectivity index (χ4n) is 1.07. The standard InChI is InChI=1S/C7H5F3O.2CH3.H3Si.Zr/c8-7(9,10)5-1-3-6(11)4-2-5;;;;/h1-4,11H;3*1H3;/q;;;;+1/p-1. The minimum atomic E-state index is -4.27. The van der Waals surface area contributed by atoms with Crippen LogP contribution >= 0.6 is 0 Å². The van der Waals surface area contributed by atoms with Gasteiger partial charge in [-0.05, 0) is 0 Å². The Labute approximate surface area is 94.0 Å². The van der Waals surface area contributed by atoms with Crippen LogP contribution in [0.3, 0.4) is 0 Å². The van der Waals surface area contributed by atoms with Gasteiger partial charge in [0.2, 0.25) is 0 Å². The summed E-state index contributed by atoms with van der Waals surface area (Å²) in [5.74, 6) is 0.568. The number of hydrogen-bond donors (Lipinski definition) is 0. The first kappa shape index (κ1) is 13.0. The van der Waals surface area contributed by atoms with Crippen molar-refractivity contribution in [2.24, 2.45) is 0 Å². The van der Waals surface area contributed by atoms with E-state index in [2.05, 4.69) is 9.26 Å². The zero-order chi connectivity index (χ0) is 11.7. The zero-order valence-electron chi connectivity index (χ0n) is 8.85. The van der Waals surface area contributed by atoms with E-state index in [1.165, 1.54) is 12.1 Å². The number of alkyl halides is 3. The van der Waals surface area contributed by atoms with Crippen LogP contribution in [0.5, 0.6) is 5.75 Å². The molecule has 0 bridgehead atoms. The van der Waals surface area contributed by atoms with E-state index in [1.807, 2.05) is 0 Å². The van der Waals surface area contributed by atoms with Gasteiger partial charge in [0.25, 0.3) is 0 Å². The van der Waals surface area contributed by atoms with E-state index in [4.69, 9.17) is 2.81 Å². The molecule has 1 aromatic carbocycles. The molecule has 0 saturated carbocycles. The van der Waals surface area contributed by atoms with Crippen molar-refractivity contribution in [1.29, 1.82) is 0 Å². The molecule has 0 fully saturated rings. The molecule has 6 heteroatoms. The van der Waals surface area contributed by atoms with E-state index >= 15 is 0 Å². The first-order valence-corrected chi connectivity index (χ1v) is 18.8. The topological polar surface area (TPSA) is 9.23 Å². The first-order chi connectivity index (χ1) is 6.68. The van der Waals surface area contributed by atoms with Crippen LogP contribution in [0.1, 0.15) is 5.56 Å². The Morgan fingerprint density at radius 1 is 1.13 bits per heavy atom. The van der Waals surface area contributed by atoms with Crippen molar-refractivity contribution in [3.8, 4) is 5.75 Å². The van der Waals surface area contributed by atoms with Crippen molar-refractivity contribution in [3.05, 3.63) is 29.8 Å².